The number of amides is 1. The van der Waals surface area contributed by atoms with E-state index in [2.05, 4.69) is 15.2 Å². The van der Waals surface area contributed by atoms with Crippen molar-refractivity contribution in [3.63, 3.8) is 0 Å². The molecule has 1 N–H and O–H groups in total. The van der Waals surface area contributed by atoms with Gasteiger partial charge < -0.3 is 24.6 Å². The van der Waals surface area contributed by atoms with E-state index in [1.165, 1.54) is 20.4 Å². The standard InChI is InChI=1S/C28H30Cl2N4O6S/c1-33-11-13-34(14-12-33)22(35)15-19-24(27(36)39-2)26(23-17(29)7-6-8-18(23)30)25(28(37)40-3)20(32-19)16-41(38)21-9-4-5-10-31-21/h4-10,26,32H,11-16H2,1-3H3. The summed E-state index contributed by atoms with van der Waals surface area (Å²) in [5.41, 5.74) is 0.600. The zero-order valence-corrected chi connectivity index (χ0v) is 25.1. The summed E-state index contributed by atoms with van der Waals surface area (Å²) >= 11 is 13.2. The SMILES string of the molecule is COC(=O)C1=C(CC(=O)N2CCN(C)CC2)NC(CS(=O)c2ccccn2)=C(C(=O)OC)C1c1c(Cl)cccc1Cl. The Kier molecular flexibility index (Phi) is 10.2. The number of aromatic nitrogens is 1. The van der Waals surface area contributed by atoms with Crippen LogP contribution in [0.5, 0.6) is 0 Å². The number of halogens is 2. The molecular formula is C28H30Cl2N4O6S. The van der Waals surface area contributed by atoms with Crippen LogP contribution in [0.15, 0.2) is 70.2 Å². The van der Waals surface area contributed by atoms with Gasteiger partial charge in [-0.3, -0.25) is 9.00 Å². The number of piperazine rings is 1. The van der Waals surface area contributed by atoms with Gasteiger partial charge in [0.25, 0.3) is 0 Å². The smallest absolute Gasteiger partial charge is 0.336 e. The molecule has 2 aromatic rings. The first-order chi connectivity index (χ1) is 19.7. The molecule has 0 saturated carbocycles. The molecule has 1 aromatic heterocycles. The Morgan fingerprint density at radius 3 is 2.12 bits per heavy atom. The molecule has 0 aliphatic carbocycles. The van der Waals surface area contributed by atoms with Gasteiger partial charge in [0.2, 0.25) is 5.91 Å². The summed E-state index contributed by atoms with van der Waals surface area (Å²) in [5.74, 6) is -3.18. The van der Waals surface area contributed by atoms with Crippen LogP contribution in [0.1, 0.15) is 17.9 Å². The van der Waals surface area contributed by atoms with Crippen LogP contribution in [0.25, 0.3) is 0 Å². The molecule has 1 amide bonds. The molecule has 41 heavy (non-hydrogen) atoms. The minimum Gasteiger partial charge on any atom is -0.466 e. The normalized spacial score (nSPS) is 18.6. The van der Waals surface area contributed by atoms with Gasteiger partial charge >= 0.3 is 11.9 Å². The Bertz CT molecular complexity index is 1400. The van der Waals surface area contributed by atoms with Gasteiger partial charge in [-0.05, 0) is 31.3 Å². The molecule has 2 aliphatic rings. The van der Waals surface area contributed by atoms with E-state index in [1.807, 2.05) is 7.05 Å². The van der Waals surface area contributed by atoms with Gasteiger partial charge in [-0.15, -0.1) is 0 Å². The lowest BCUT2D eigenvalue weighted by Gasteiger charge is -2.35. The third-order valence-electron chi connectivity index (χ3n) is 6.96. The monoisotopic (exact) mass is 620 g/mol. The van der Waals surface area contributed by atoms with Gasteiger partial charge in [-0.25, -0.2) is 14.6 Å². The first kappa shape index (κ1) is 30.7. The zero-order chi connectivity index (χ0) is 29.7. The second-order valence-corrected chi connectivity index (χ2v) is 11.7. The van der Waals surface area contributed by atoms with E-state index in [9.17, 15) is 18.6 Å². The van der Waals surface area contributed by atoms with Crippen molar-refractivity contribution in [2.75, 3.05) is 53.2 Å². The molecule has 2 atom stereocenters. The van der Waals surface area contributed by atoms with Crippen molar-refractivity contribution in [3.05, 3.63) is 80.7 Å². The van der Waals surface area contributed by atoms with E-state index in [0.29, 0.717) is 26.2 Å². The van der Waals surface area contributed by atoms with Crippen molar-refractivity contribution in [1.29, 1.82) is 0 Å². The average Bonchev–Trinajstić information content (AvgIpc) is 2.97. The summed E-state index contributed by atoms with van der Waals surface area (Å²) in [6, 6.07) is 9.79. The second-order valence-electron chi connectivity index (χ2n) is 9.48. The van der Waals surface area contributed by atoms with E-state index >= 15 is 0 Å². The lowest BCUT2D eigenvalue weighted by Crippen LogP contribution is -2.47. The Morgan fingerprint density at radius 2 is 1.56 bits per heavy atom. The number of likely N-dealkylation sites (N-methyl/N-ethyl adjacent to an activating group) is 1. The molecule has 2 aliphatic heterocycles. The molecule has 0 spiro atoms. The number of benzene rings is 1. The molecule has 0 bridgehead atoms. The fraction of sp³-hybridized carbons (Fsp3) is 0.357. The number of hydrogen-bond acceptors (Lipinski definition) is 9. The second kappa shape index (κ2) is 13.6. The topological polar surface area (TPSA) is 118 Å². The van der Waals surface area contributed by atoms with Crippen LogP contribution in [-0.2, 0) is 34.7 Å². The fourth-order valence-electron chi connectivity index (χ4n) is 4.85. The minimum atomic E-state index is -1.71. The lowest BCUT2D eigenvalue weighted by atomic mass is 9.79. The molecule has 0 radical (unpaired) electrons. The zero-order valence-electron chi connectivity index (χ0n) is 22.8. The maximum Gasteiger partial charge on any atom is 0.336 e. The van der Waals surface area contributed by atoms with E-state index < -0.39 is 28.7 Å². The molecule has 218 valence electrons. The minimum absolute atomic E-state index is 0.0160. The van der Waals surface area contributed by atoms with Crippen LogP contribution in [0, 0.1) is 0 Å². The number of rotatable bonds is 8. The summed E-state index contributed by atoms with van der Waals surface area (Å²) in [5, 5.41) is 3.75. The molecule has 1 aromatic carbocycles. The number of hydrogen-bond donors (Lipinski definition) is 1. The molecule has 3 heterocycles. The highest BCUT2D eigenvalue weighted by Gasteiger charge is 2.42. The van der Waals surface area contributed by atoms with Crippen molar-refractivity contribution < 1.29 is 28.1 Å². The van der Waals surface area contributed by atoms with E-state index in [-0.39, 0.29) is 61.3 Å². The number of nitrogens with one attached hydrogen (secondary N) is 1. The molecule has 10 nitrogen and oxygen atoms in total. The quantitative estimate of drug-likeness (QED) is 0.444. The Hall–Kier alpha value is -3.25. The largest absolute Gasteiger partial charge is 0.466 e. The van der Waals surface area contributed by atoms with Crippen LogP contribution in [0.3, 0.4) is 0 Å². The number of esters is 2. The van der Waals surface area contributed by atoms with Crippen molar-refractivity contribution in [1.82, 2.24) is 20.1 Å². The van der Waals surface area contributed by atoms with E-state index in [4.69, 9.17) is 32.7 Å². The van der Waals surface area contributed by atoms with Gasteiger partial charge in [-0.1, -0.05) is 35.3 Å². The number of carbonyl (C=O) groups excluding carboxylic acids is 3. The number of dihydropyridines is 1. The van der Waals surface area contributed by atoms with Gasteiger partial charge in [0.1, 0.15) is 5.03 Å². The summed E-state index contributed by atoms with van der Waals surface area (Å²) < 4.78 is 23.7. The highest BCUT2D eigenvalue weighted by molar-refractivity contribution is 7.85. The van der Waals surface area contributed by atoms with Crippen LogP contribution in [0.2, 0.25) is 10.0 Å². The maximum atomic E-state index is 13.5. The van der Waals surface area contributed by atoms with Crippen LogP contribution in [-0.4, -0.2) is 90.0 Å². The summed E-state index contributed by atoms with van der Waals surface area (Å²) in [6.07, 6.45) is 1.31. The molecular weight excluding hydrogens is 591 g/mol. The van der Waals surface area contributed by atoms with Crippen molar-refractivity contribution in [2.45, 2.75) is 17.4 Å². The fourth-order valence-corrected chi connectivity index (χ4v) is 6.51. The Labute approximate surface area is 250 Å². The maximum absolute atomic E-state index is 13.5. The third-order valence-corrected chi connectivity index (χ3v) is 8.88. The van der Waals surface area contributed by atoms with Crippen LogP contribution >= 0.6 is 23.2 Å². The van der Waals surface area contributed by atoms with Crippen molar-refractivity contribution >= 4 is 51.8 Å². The highest BCUT2D eigenvalue weighted by Crippen LogP contribution is 2.45. The third kappa shape index (κ3) is 6.81. The average molecular weight is 622 g/mol. The van der Waals surface area contributed by atoms with Gasteiger partial charge in [-0.2, -0.15) is 0 Å². The first-order valence-corrected chi connectivity index (χ1v) is 14.8. The number of ether oxygens (including phenoxy) is 2. The van der Waals surface area contributed by atoms with Gasteiger partial charge in [0.15, 0.2) is 0 Å². The first-order valence-electron chi connectivity index (χ1n) is 12.8. The number of pyridine rings is 1. The molecule has 1 fully saturated rings. The van der Waals surface area contributed by atoms with Crippen molar-refractivity contribution in [3.8, 4) is 0 Å². The van der Waals surface area contributed by atoms with Crippen LogP contribution < -0.4 is 5.32 Å². The molecule has 4 rings (SSSR count). The summed E-state index contributed by atoms with van der Waals surface area (Å²) in [7, 11) is 2.67. The Morgan fingerprint density at radius 1 is 0.951 bits per heavy atom. The van der Waals surface area contributed by atoms with Crippen LogP contribution in [0.4, 0.5) is 0 Å². The molecule has 1 saturated heterocycles. The number of methoxy groups -OCH3 is 2. The highest BCUT2D eigenvalue weighted by atomic mass is 35.5. The van der Waals surface area contributed by atoms with Crippen molar-refractivity contribution in [2.24, 2.45) is 0 Å². The predicted molar refractivity (Wildman–Crippen MR) is 155 cm³/mol. The molecule has 2 unspecified atom stereocenters. The van der Waals surface area contributed by atoms with Gasteiger partial charge in [0.05, 0.1) is 54.3 Å². The molecule has 13 heteroatoms. The summed E-state index contributed by atoms with van der Waals surface area (Å²) in [4.78, 5) is 48.3. The number of carbonyl (C=O) groups is 3. The van der Waals surface area contributed by atoms with E-state index in [0.717, 1.165) is 0 Å². The summed E-state index contributed by atoms with van der Waals surface area (Å²) in [6.45, 7) is 2.47. The predicted octanol–water partition coefficient (Wildman–Crippen LogP) is 2.90. The number of nitrogens with zero attached hydrogens (tertiary/aromatic N) is 3. The van der Waals surface area contributed by atoms with Gasteiger partial charge in [0, 0.05) is 59.4 Å². The Balaban J connectivity index is 1.89. The van der Waals surface area contributed by atoms with E-state index in [1.54, 1.807) is 41.3 Å². The lowest BCUT2D eigenvalue weighted by molar-refractivity contribution is -0.137.